The molecule has 1 amide bonds. The first-order valence-corrected chi connectivity index (χ1v) is 7.84. The molecular weight excluding hydrogens is 264 g/mol. The number of nitrogens with one attached hydrogen (secondary N) is 2. The first-order chi connectivity index (χ1) is 10.1. The lowest BCUT2D eigenvalue weighted by Crippen LogP contribution is -2.41. The van der Waals surface area contributed by atoms with Gasteiger partial charge in [-0.3, -0.25) is 4.79 Å². The van der Waals surface area contributed by atoms with Crippen molar-refractivity contribution in [2.75, 3.05) is 13.1 Å². The van der Waals surface area contributed by atoms with Crippen LogP contribution >= 0.6 is 0 Å². The molecule has 4 nitrogen and oxygen atoms in total. The summed E-state index contributed by atoms with van der Waals surface area (Å²) < 4.78 is 5.70. The minimum atomic E-state index is -0.00450. The first-order valence-electron chi connectivity index (χ1n) is 7.84. The zero-order valence-electron chi connectivity index (χ0n) is 13.2. The van der Waals surface area contributed by atoms with E-state index in [0.717, 1.165) is 37.2 Å². The molecule has 1 aromatic carbocycles. The maximum atomic E-state index is 12.3. The van der Waals surface area contributed by atoms with Crippen molar-refractivity contribution in [3.8, 4) is 5.75 Å². The number of benzene rings is 1. The SMILES string of the molecule is CC(C)Oc1cccc(C(C)NC(=O)[C@@H]2CCCNC2)c1. The molecule has 2 N–H and O–H groups in total. The Morgan fingerprint density at radius 1 is 1.38 bits per heavy atom. The minimum Gasteiger partial charge on any atom is -0.491 e. The van der Waals surface area contributed by atoms with Crippen LogP contribution in [-0.2, 0) is 4.79 Å². The molecule has 1 fully saturated rings. The van der Waals surface area contributed by atoms with Crippen LogP contribution in [0.5, 0.6) is 5.75 Å². The molecule has 2 atom stereocenters. The summed E-state index contributed by atoms with van der Waals surface area (Å²) in [4.78, 5) is 12.3. The molecule has 0 saturated carbocycles. The number of ether oxygens (including phenoxy) is 1. The summed E-state index contributed by atoms with van der Waals surface area (Å²) in [7, 11) is 0. The molecular formula is C17H26N2O2. The highest BCUT2D eigenvalue weighted by Crippen LogP contribution is 2.21. The van der Waals surface area contributed by atoms with Crippen LogP contribution in [0.15, 0.2) is 24.3 Å². The van der Waals surface area contributed by atoms with Crippen molar-refractivity contribution >= 4 is 5.91 Å². The Labute approximate surface area is 127 Å². The number of carbonyl (C=O) groups excluding carboxylic acids is 1. The van der Waals surface area contributed by atoms with Gasteiger partial charge in [-0.25, -0.2) is 0 Å². The number of rotatable bonds is 5. The van der Waals surface area contributed by atoms with Crippen LogP contribution in [0.2, 0.25) is 0 Å². The standard InChI is InChI=1S/C17H26N2O2/c1-12(2)21-16-8-4-6-14(10-16)13(3)19-17(20)15-7-5-9-18-11-15/h4,6,8,10,12-13,15,18H,5,7,9,11H2,1-3H3,(H,19,20)/t13?,15-/m1/s1. The Bertz CT molecular complexity index is 468. The highest BCUT2D eigenvalue weighted by Gasteiger charge is 2.22. The topological polar surface area (TPSA) is 50.4 Å². The van der Waals surface area contributed by atoms with E-state index < -0.39 is 0 Å². The van der Waals surface area contributed by atoms with Crippen molar-refractivity contribution in [1.29, 1.82) is 0 Å². The van der Waals surface area contributed by atoms with E-state index in [1.54, 1.807) is 0 Å². The highest BCUT2D eigenvalue weighted by molar-refractivity contribution is 5.79. The van der Waals surface area contributed by atoms with Crippen LogP contribution in [0.25, 0.3) is 0 Å². The molecule has 1 aliphatic rings. The summed E-state index contributed by atoms with van der Waals surface area (Å²) >= 11 is 0. The van der Waals surface area contributed by atoms with Crippen molar-refractivity contribution < 1.29 is 9.53 Å². The molecule has 1 saturated heterocycles. The third-order valence-electron chi connectivity index (χ3n) is 3.76. The molecule has 0 aromatic heterocycles. The lowest BCUT2D eigenvalue weighted by molar-refractivity contribution is -0.126. The highest BCUT2D eigenvalue weighted by atomic mass is 16.5. The van der Waals surface area contributed by atoms with Crippen molar-refractivity contribution in [2.24, 2.45) is 5.92 Å². The van der Waals surface area contributed by atoms with Gasteiger partial charge in [-0.1, -0.05) is 12.1 Å². The smallest absolute Gasteiger partial charge is 0.224 e. The number of hydrogen-bond acceptors (Lipinski definition) is 3. The molecule has 2 rings (SSSR count). The Hall–Kier alpha value is -1.55. The maximum Gasteiger partial charge on any atom is 0.224 e. The van der Waals surface area contributed by atoms with E-state index in [-0.39, 0.29) is 24.0 Å². The van der Waals surface area contributed by atoms with Crippen LogP contribution in [-0.4, -0.2) is 25.1 Å². The van der Waals surface area contributed by atoms with E-state index in [4.69, 9.17) is 4.74 Å². The van der Waals surface area contributed by atoms with Crippen LogP contribution in [0.1, 0.15) is 45.2 Å². The molecule has 1 aliphatic heterocycles. The largest absolute Gasteiger partial charge is 0.491 e. The van der Waals surface area contributed by atoms with E-state index in [2.05, 4.69) is 10.6 Å². The lowest BCUT2D eigenvalue weighted by Gasteiger charge is -2.24. The van der Waals surface area contributed by atoms with Gasteiger partial charge in [-0.15, -0.1) is 0 Å². The quantitative estimate of drug-likeness (QED) is 0.876. The second kappa shape index (κ2) is 7.46. The second-order valence-corrected chi connectivity index (χ2v) is 6.01. The van der Waals surface area contributed by atoms with Crippen LogP contribution in [0.4, 0.5) is 0 Å². The minimum absolute atomic E-state index is 0.00450. The van der Waals surface area contributed by atoms with E-state index in [9.17, 15) is 4.79 Å². The zero-order valence-corrected chi connectivity index (χ0v) is 13.2. The normalized spacial score (nSPS) is 20.1. The van der Waals surface area contributed by atoms with Crippen LogP contribution in [0.3, 0.4) is 0 Å². The summed E-state index contributed by atoms with van der Waals surface area (Å²) in [5.41, 5.74) is 1.07. The zero-order chi connectivity index (χ0) is 15.2. The summed E-state index contributed by atoms with van der Waals surface area (Å²) in [6.07, 6.45) is 2.20. The predicted molar refractivity (Wildman–Crippen MR) is 84.4 cm³/mol. The van der Waals surface area contributed by atoms with Gasteiger partial charge in [-0.2, -0.15) is 0 Å². The molecule has 21 heavy (non-hydrogen) atoms. The van der Waals surface area contributed by atoms with Gasteiger partial charge in [-0.05, 0) is 57.9 Å². The summed E-state index contributed by atoms with van der Waals surface area (Å²) in [5, 5.41) is 6.39. The third-order valence-corrected chi connectivity index (χ3v) is 3.76. The van der Waals surface area contributed by atoms with Crippen LogP contribution in [0, 0.1) is 5.92 Å². The Morgan fingerprint density at radius 3 is 2.86 bits per heavy atom. The van der Waals surface area contributed by atoms with E-state index in [1.165, 1.54) is 0 Å². The molecule has 1 aromatic rings. The molecule has 0 spiro atoms. The fourth-order valence-corrected chi connectivity index (χ4v) is 2.62. The summed E-state index contributed by atoms with van der Waals surface area (Å²) in [6, 6.07) is 7.94. The predicted octanol–water partition coefficient (Wildman–Crippen LogP) is 2.65. The van der Waals surface area contributed by atoms with Gasteiger partial charge in [0.15, 0.2) is 0 Å². The van der Waals surface area contributed by atoms with E-state index in [0.29, 0.717) is 0 Å². The molecule has 1 heterocycles. The Kier molecular flexibility index (Phi) is 5.62. The molecule has 116 valence electrons. The van der Waals surface area contributed by atoms with Gasteiger partial charge in [0.1, 0.15) is 5.75 Å². The monoisotopic (exact) mass is 290 g/mol. The third kappa shape index (κ3) is 4.74. The van der Waals surface area contributed by atoms with E-state index >= 15 is 0 Å². The van der Waals surface area contributed by atoms with Crippen molar-refractivity contribution in [3.63, 3.8) is 0 Å². The van der Waals surface area contributed by atoms with Gasteiger partial charge in [0, 0.05) is 6.54 Å². The Morgan fingerprint density at radius 2 is 2.19 bits per heavy atom. The van der Waals surface area contributed by atoms with Gasteiger partial charge in [0.25, 0.3) is 0 Å². The number of hydrogen-bond donors (Lipinski definition) is 2. The molecule has 0 bridgehead atoms. The van der Waals surface area contributed by atoms with Crippen LogP contribution < -0.4 is 15.4 Å². The average Bonchev–Trinajstić information content (AvgIpc) is 2.47. The van der Waals surface area contributed by atoms with Gasteiger partial charge < -0.3 is 15.4 Å². The number of piperidine rings is 1. The summed E-state index contributed by atoms with van der Waals surface area (Å²) in [5.74, 6) is 1.09. The fraction of sp³-hybridized carbons (Fsp3) is 0.588. The molecule has 1 unspecified atom stereocenters. The fourth-order valence-electron chi connectivity index (χ4n) is 2.62. The molecule has 0 aliphatic carbocycles. The number of amides is 1. The summed E-state index contributed by atoms with van der Waals surface area (Å²) in [6.45, 7) is 7.84. The lowest BCUT2D eigenvalue weighted by atomic mass is 9.98. The van der Waals surface area contributed by atoms with Gasteiger partial charge in [0.05, 0.1) is 18.1 Å². The van der Waals surface area contributed by atoms with Crippen molar-refractivity contribution in [2.45, 2.75) is 45.8 Å². The maximum absolute atomic E-state index is 12.3. The number of carbonyl (C=O) groups is 1. The van der Waals surface area contributed by atoms with Crippen molar-refractivity contribution in [1.82, 2.24) is 10.6 Å². The molecule has 4 heteroatoms. The average molecular weight is 290 g/mol. The first kappa shape index (κ1) is 15.8. The van der Waals surface area contributed by atoms with Crippen molar-refractivity contribution in [3.05, 3.63) is 29.8 Å². The molecule has 0 radical (unpaired) electrons. The van der Waals surface area contributed by atoms with E-state index in [1.807, 2.05) is 45.0 Å². The second-order valence-electron chi connectivity index (χ2n) is 6.01. The van der Waals surface area contributed by atoms with Gasteiger partial charge >= 0.3 is 0 Å². The Balaban J connectivity index is 1.95. The van der Waals surface area contributed by atoms with Gasteiger partial charge in [0.2, 0.25) is 5.91 Å².